The molecular weight excluding hydrogens is 314 g/mol. The third-order valence-electron chi connectivity index (χ3n) is 4.57. The summed E-state index contributed by atoms with van der Waals surface area (Å²) in [5, 5.41) is 12.9. The number of aromatic nitrogens is 1. The van der Waals surface area contributed by atoms with Crippen molar-refractivity contribution in [1.29, 1.82) is 0 Å². The minimum Gasteiger partial charge on any atom is -0.481 e. The topological polar surface area (TPSA) is 104 Å². The highest BCUT2D eigenvalue weighted by molar-refractivity contribution is 5.94. The Hall–Kier alpha value is -2.38. The molecule has 24 heavy (non-hydrogen) atoms. The number of likely N-dealkylation sites (tertiary alicyclic amines) is 1. The Kier molecular flexibility index (Phi) is 4.55. The van der Waals surface area contributed by atoms with Gasteiger partial charge in [0.1, 0.15) is 5.76 Å². The van der Waals surface area contributed by atoms with Crippen LogP contribution >= 0.6 is 0 Å². The summed E-state index contributed by atoms with van der Waals surface area (Å²) in [6, 6.07) is 1.64. The van der Waals surface area contributed by atoms with E-state index in [9.17, 15) is 14.4 Å². The van der Waals surface area contributed by atoms with Crippen LogP contribution in [0.3, 0.4) is 0 Å². The summed E-state index contributed by atoms with van der Waals surface area (Å²) in [4.78, 5) is 38.6. The molecule has 1 aromatic heterocycles. The van der Waals surface area contributed by atoms with Crippen molar-refractivity contribution >= 4 is 17.8 Å². The molecule has 2 aliphatic rings. The lowest BCUT2D eigenvalue weighted by atomic mass is 9.98. The van der Waals surface area contributed by atoms with E-state index in [1.165, 1.54) is 16.8 Å². The van der Waals surface area contributed by atoms with E-state index in [0.717, 1.165) is 18.6 Å². The summed E-state index contributed by atoms with van der Waals surface area (Å²) >= 11 is 0. The van der Waals surface area contributed by atoms with Gasteiger partial charge < -0.3 is 19.4 Å². The van der Waals surface area contributed by atoms with Gasteiger partial charge in [-0.15, -0.1) is 0 Å². The largest absolute Gasteiger partial charge is 0.481 e. The minimum absolute atomic E-state index is 0.100. The molecule has 1 atom stereocenters. The zero-order valence-corrected chi connectivity index (χ0v) is 13.6. The zero-order valence-electron chi connectivity index (χ0n) is 13.6. The number of hydrogen-bond donors (Lipinski definition) is 1. The smallest absolute Gasteiger partial charge is 0.308 e. The molecule has 1 saturated heterocycles. The number of carboxylic acids is 1. The first kappa shape index (κ1) is 16.5. The van der Waals surface area contributed by atoms with E-state index in [0.29, 0.717) is 25.3 Å². The summed E-state index contributed by atoms with van der Waals surface area (Å²) in [6.07, 6.45) is 3.35. The molecule has 1 N–H and O–H groups in total. The number of amides is 2. The first-order chi connectivity index (χ1) is 11.5. The first-order valence-corrected chi connectivity index (χ1v) is 8.18. The number of rotatable bonds is 5. The van der Waals surface area contributed by atoms with Crippen LogP contribution in [0.4, 0.5) is 0 Å². The van der Waals surface area contributed by atoms with Crippen LogP contribution in [0.15, 0.2) is 10.6 Å². The second-order valence-electron chi connectivity index (χ2n) is 6.57. The highest BCUT2D eigenvalue weighted by Crippen LogP contribution is 2.40. The molecular formula is C16H21N3O5. The van der Waals surface area contributed by atoms with Crippen LogP contribution in [0.5, 0.6) is 0 Å². The van der Waals surface area contributed by atoms with Crippen molar-refractivity contribution in [3.63, 3.8) is 0 Å². The van der Waals surface area contributed by atoms with Crippen molar-refractivity contribution in [2.75, 3.05) is 26.7 Å². The molecule has 2 heterocycles. The molecule has 8 nitrogen and oxygen atoms in total. The molecule has 0 spiro atoms. The average molecular weight is 335 g/mol. The van der Waals surface area contributed by atoms with Gasteiger partial charge in [-0.05, 0) is 25.7 Å². The van der Waals surface area contributed by atoms with Gasteiger partial charge in [0.05, 0.1) is 12.5 Å². The standard InChI is InChI=1S/C16H21N3O5/c1-18(15(21)12-7-13(24-17-12)10-4-5-10)9-14(20)19-6-2-3-11(8-19)16(22)23/h7,10-11H,2-6,8-9H2,1H3,(H,22,23). The predicted octanol–water partition coefficient (Wildman–Crippen LogP) is 0.947. The first-order valence-electron chi connectivity index (χ1n) is 8.18. The maximum atomic E-state index is 12.3. The zero-order chi connectivity index (χ0) is 17.3. The Balaban J connectivity index is 1.56. The molecule has 1 aliphatic heterocycles. The summed E-state index contributed by atoms with van der Waals surface area (Å²) in [5.74, 6) is -0.938. The van der Waals surface area contributed by atoms with Gasteiger partial charge in [-0.3, -0.25) is 14.4 Å². The van der Waals surface area contributed by atoms with Gasteiger partial charge in [0.25, 0.3) is 5.91 Å². The van der Waals surface area contributed by atoms with E-state index in [2.05, 4.69) is 5.16 Å². The van der Waals surface area contributed by atoms with Crippen LogP contribution in [0.25, 0.3) is 0 Å². The van der Waals surface area contributed by atoms with Crippen molar-refractivity contribution in [1.82, 2.24) is 15.0 Å². The molecule has 1 aliphatic carbocycles. The minimum atomic E-state index is -0.882. The van der Waals surface area contributed by atoms with E-state index in [1.807, 2.05) is 0 Å². The number of aliphatic carboxylic acids is 1. The van der Waals surface area contributed by atoms with Crippen LogP contribution in [0.2, 0.25) is 0 Å². The van der Waals surface area contributed by atoms with Gasteiger partial charge >= 0.3 is 5.97 Å². The van der Waals surface area contributed by atoms with Crippen LogP contribution < -0.4 is 0 Å². The van der Waals surface area contributed by atoms with Crippen molar-refractivity contribution < 1.29 is 24.0 Å². The lowest BCUT2D eigenvalue weighted by Gasteiger charge is -2.31. The van der Waals surface area contributed by atoms with Crippen LogP contribution in [0, 0.1) is 5.92 Å². The molecule has 1 unspecified atom stereocenters. The van der Waals surface area contributed by atoms with Crippen molar-refractivity contribution in [2.24, 2.45) is 5.92 Å². The second kappa shape index (κ2) is 6.62. The molecule has 0 aromatic carbocycles. The maximum Gasteiger partial charge on any atom is 0.308 e. The van der Waals surface area contributed by atoms with E-state index >= 15 is 0 Å². The molecule has 1 aromatic rings. The fourth-order valence-electron chi connectivity index (χ4n) is 2.93. The normalized spacial score (nSPS) is 20.7. The van der Waals surface area contributed by atoms with Crippen molar-refractivity contribution in [2.45, 2.75) is 31.6 Å². The average Bonchev–Trinajstić information content (AvgIpc) is 3.31. The van der Waals surface area contributed by atoms with E-state index in [4.69, 9.17) is 9.63 Å². The fourth-order valence-corrected chi connectivity index (χ4v) is 2.93. The maximum absolute atomic E-state index is 12.3. The molecule has 0 radical (unpaired) electrons. The summed E-state index contributed by atoms with van der Waals surface area (Å²) in [7, 11) is 1.53. The number of carbonyl (C=O) groups excluding carboxylic acids is 2. The van der Waals surface area contributed by atoms with Gasteiger partial charge in [-0.1, -0.05) is 5.16 Å². The Bertz CT molecular complexity index is 652. The highest BCUT2D eigenvalue weighted by Gasteiger charge is 2.31. The van der Waals surface area contributed by atoms with E-state index in [1.54, 1.807) is 6.07 Å². The van der Waals surface area contributed by atoms with Gasteiger partial charge in [-0.2, -0.15) is 0 Å². The Labute approximate surface area is 139 Å². The van der Waals surface area contributed by atoms with Crippen LogP contribution in [-0.4, -0.2) is 64.5 Å². The molecule has 0 bridgehead atoms. The van der Waals surface area contributed by atoms with Gasteiger partial charge in [0.15, 0.2) is 5.69 Å². The van der Waals surface area contributed by atoms with Gasteiger partial charge in [0, 0.05) is 32.1 Å². The summed E-state index contributed by atoms with van der Waals surface area (Å²) in [5.41, 5.74) is 0.203. The second-order valence-corrected chi connectivity index (χ2v) is 6.57. The summed E-state index contributed by atoms with van der Waals surface area (Å²) in [6.45, 7) is 0.628. The SMILES string of the molecule is CN(CC(=O)N1CCCC(C(=O)O)C1)C(=O)c1cc(C2CC2)on1. The monoisotopic (exact) mass is 335 g/mol. The quantitative estimate of drug-likeness (QED) is 0.859. The van der Waals surface area contributed by atoms with Crippen LogP contribution in [-0.2, 0) is 9.59 Å². The Morgan fingerprint density at radius 3 is 2.79 bits per heavy atom. The lowest BCUT2D eigenvalue weighted by molar-refractivity contribution is -0.145. The van der Waals surface area contributed by atoms with Crippen molar-refractivity contribution in [3.8, 4) is 0 Å². The Morgan fingerprint density at radius 2 is 2.12 bits per heavy atom. The van der Waals surface area contributed by atoms with Gasteiger partial charge in [0.2, 0.25) is 5.91 Å². The van der Waals surface area contributed by atoms with Gasteiger partial charge in [-0.25, -0.2) is 0 Å². The lowest BCUT2D eigenvalue weighted by Crippen LogP contribution is -2.46. The molecule has 8 heteroatoms. The third kappa shape index (κ3) is 3.58. The number of nitrogens with zero attached hydrogens (tertiary/aromatic N) is 3. The summed E-state index contributed by atoms with van der Waals surface area (Å²) < 4.78 is 5.16. The highest BCUT2D eigenvalue weighted by atomic mass is 16.5. The van der Waals surface area contributed by atoms with Crippen LogP contribution in [0.1, 0.15) is 47.8 Å². The number of piperidine rings is 1. The molecule has 2 amide bonds. The number of likely N-dealkylation sites (N-methyl/N-ethyl adjacent to an activating group) is 1. The number of carbonyl (C=O) groups is 3. The predicted molar refractivity (Wildman–Crippen MR) is 82.4 cm³/mol. The van der Waals surface area contributed by atoms with E-state index in [-0.39, 0.29) is 30.6 Å². The molecule has 3 rings (SSSR count). The molecule has 2 fully saturated rings. The Morgan fingerprint density at radius 1 is 1.38 bits per heavy atom. The van der Waals surface area contributed by atoms with E-state index < -0.39 is 11.9 Å². The third-order valence-corrected chi connectivity index (χ3v) is 4.57. The molecule has 1 saturated carbocycles. The number of hydrogen-bond acceptors (Lipinski definition) is 5. The van der Waals surface area contributed by atoms with Crippen molar-refractivity contribution in [3.05, 3.63) is 17.5 Å². The fraction of sp³-hybridized carbons (Fsp3) is 0.625. The number of carboxylic acid groups (broad SMARTS) is 1. The molecule has 130 valence electrons.